The molecule has 88 valence electrons. The van der Waals surface area contributed by atoms with E-state index in [2.05, 4.69) is 33.4 Å². The van der Waals surface area contributed by atoms with Gasteiger partial charge in [-0.25, -0.2) is 0 Å². The highest BCUT2D eigenvalue weighted by Crippen LogP contribution is 2.39. The molecular weight excluding hydrogens is 266 g/mol. The van der Waals surface area contributed by atoms with Crippen LogP contribution in [0.5, 0.6) is 5.75 Å². The van der Waals surface area contributed by atoms with E-state index in [1.165, 1.54) is 24.8 Å². The summed E-state index contributed by atoms with van der Waals surface area (Å²) in [5.41, 5.74) is 1.26. The van der Waals surface area contributed by atoms with Gasteiger partial charge in [0.25, 0.3) is 0 Å². The third-order valence-corrected chi connectivity index (χ3v) is 3.68. The van der Waals surface area contributed by atoms with Gasteiger partial charge in [-0.05, 0) is 31.5 Å². The van der Waals surface area contributed by atoms with Gasteiger partial charge in [0.2, 0.25) is 0 Å². The highest BCUT2D eigenvalue weighted by Gasteiger charge is 2.26. The van der Waals surface area contributed by atoms with Crippen LogP contribution in [0.4, 0.5) is 0 Å². The maximum atomic E-state index is 5.44. The van der Waals surface area contributed by atoms with Crippen LogP contribution in [0.2, 0.25) is 0 Å². The topological polar surface area (TPSA) is 21.3 Å². The largest absolute Gasteiger partial charge is 0.496 e. The first-order valence-corrected chi connectivity index (χ1v) is 6.54. The summed E-state index contributed by atoms with van der Waals surface area (Å²) >= 11 is 3.47. The first-order valence-electron chi connectivity index (χ1n) is 5.75. The molecule has 1 atom stereocenters. The summed E-state index contributed by atoms with van der Waals surface area (Å²) in [6, 6.07) is 6.67. The lowest BCUT2D eigenvalue weighted by atomic mass is 10.0. The second-order valence-electron chi connectivity index (χ2n) is 4.41. The molecular formula is C13H18BrNO. The SMILES string of the molecule is CNC(CC1CC1)c1ccc(Br)cc1OC. The Balaban J connectivity index is 2.21. The Hall–Kier alpha value is -0.540. The molecule has 0 heterocycles. The third-order valence-electron chi connectivity index (χ3n) is 3.19. The standard InChI is InChI=1S/C13H18BrNO/c1-15-12(7-9-3-4-9)11-6-5-10(14)8-13(11)16-2/h5-6,8-9,12,15H,3-4,7H2,1-2H3. The molecule has 0 radical (unpaired) electrons. The lowest BCUT2D eigenvalue weighted by molar-refractivity contribution is 0.396. The Morgan fingerprint density at radius 2 is 2.25 bits per heavy atom. The third kappa shape index (κ3) is 2.77. The quantitative estimate of drug-likeness (QED) is 0.893. The molecule has 0 spiro atoms. The molecule has 2 rings (SSSR count). The lowest BCUT2D eigenvalue weighted by Crippen LogP contribution is -2.17. The summed E-state index contributed by atoms with van der Waals surface area (Å²) < 4.78 is 6.51. The van der Waals surface area contributed by atoms with Gasteiger partial charge in [0.15, 0.2) is 0 Å². The molecule has 3 heteroatoms. The van der Waals surface area contributed by atoms with Crippen LogP contribution in [0.15, 0.2) is 22.7 Å². The minimum Gasteiger partial charge on any atom is -0.496 e. The van der Waals surface area contributed by atoms with Crippen molar-refractivity contribution in [1.29, 1.82) is 0 Å². The summed E-state index contributed by atoms with van der Waals surface area (Å²) in [6.07, 6.45) is 3.99. The number of ether oxygens (including phenoxy) is 1. The predicted octanol–water partition coefficient (Wildman–Crippen LogP) is 3.52. The van der Waals surface area contributed by atoms with E-state index in [4.69, 9.17) is 4.74 Å². The lowest BCUT2D eigenvalue weighted by Gasteiger charge is -2.19. The molecule has 1 fully saturated rings. The molecule has 1 aliphatic rings. The molecule has 1 aromatic rings. The fraction of sp³-hybridized carbons (Fsp3) is 0.538. The number of hydrogen-bond donors (Lipinski definition) is 1. The Labute approximate surface area is 106 Å². The van der Waals surface area contributed by atoms with Crippen molar-refractivity contribution in [1.82, 2.24) is 5.32 Å². The van der Waals surface area contributed by atoms with Crippen LogP contribution in [0, 0.1) is 5.92 Å². The van der Waals surface area contributed by atoms with E-state index < -0.39 is 0 Å². The van der Waals surface area contributed by atoms with E-state index in [1.807, 2.05) is 13.1 Å². The van der Waals surface area contributed by atoms with Crippen molar-refractivity contribution in [3.8, 4) is 5.75 Å². The zero-order valence-electron chi connectivity index (χ0n) is 9.79. The normalized spacial score (nSPS) is 17.2. The molecule has 1 saturated carbocycles. The molecule has 0 saturated heterocycles. The van der Waals surface area contributed by atoms with Crippen LogP contribution in [0.25, 0.3) is 0 Å². The average Bonchev–Trinajstić information content (AvgIpc) is 3.10. The van der Waals surface area contributed by atoms with Gasteiger partial charge in [-0.1, -0.05) is 34.8 Å². The van der Waals surface area contributed by atoms with Crippen LogP contribution in [-0.4, -0.2) is 14.2 Å². The van der Waals surface area contributed by atoms with E-state index >= 15 is 0 Å². The smallest absolute Gasteiger partial charge is 0.124 e. The molecule has 2 nitrogen and oxygen atoms in total. The minimum absolute atomic E-state index is 0.413. The first-order chi connectivity index (χ1) is 7.74. The number of nitrogens with one attached hydrogen (secondary N) is 1. The van der Waals surface area contributed by atoms with Crippen molar-refractivity contribution >= 4 is 15.9 Å². The van der Waals surface area contributed by atoms with Gasteiger partial charge in [-0.15, -0.1) is 0 Å². The van der Waals surface area contributed by atoms with E-state index in [-0.39, 0.29) is 0 Å². The van der Waals surface area contributed by atoms with Crippen molar-refractivity contribution in [2.24, 2.45) is 5.92 Å². The van der Waals surface area contributed by atoms with Gasteiger partial charge in [0, 0.05) is 16.1 Å². The van der Waals surface area contributed by atoms with Gasteiger partial charge in [0.1, 0.15) is 5.75 Å². The fourth-order valence-corrected chi connectivity index (χ4v) is 2.40. The highest BCUT2D eigenvalue weighted by atomic mass is 79.9. The van der Waals surface area contributed by atoms with Crippen molar-refractivity contribution < 1.29 is 4.74 Å². The van der Waals surface area contributed by atoms with Crippen LogP contribution in [0.1, 0.15) is 30.9 Å². The summed E-state index contributed by atoms with van der Waals surface area (Å²) in [5.74, 6) is 1.88. The Bertz CT molecular complexity index is 363. The Morgan fingerprint density at radius 3 is 2.81 bits per heavy atom. The number of halogens is 1. The van der Waals surface area contributed by atoms with Crippen LogP contribution in [-0.2, 0) is 0 Å². The zero-order chi connectivity index (χ0) is 11.5. The molecule has 1 N–H and O–H groups in total. The van der Waals surface area contributed by atoms with Crippen LogP contribution < -0.4 is 10.1 Å². The van der Waals surface area contributed by atoms with Crippen molar-refractivity contribution in [3.05, 3.63) is 28.2 Å². The minimum atomic E-state index is 0.413. The monoisotopic (exact) mass is 283 g/mol. The van der Waals surface area contributed by atoms with Gasteiger partial charge in [0.05, 0.1) is 7.11 Å². The molecule has 0 bridgehead atoms. The number of rotatable bonds is 5. The zero-order valence-corrected chi connectivity index (χ0v) is 11.4. The molecule has 16 heavy (non-hydrogen) atoms. The molecule has 1 unspecified atom stereocenters. The highest BCUT2D eigenvalue weighted by molar-refractivity contribution is 9.10. The second-order valence-corrected chi connectivity index (χ2v) is 5.32. The Kier molecular flexibility index (Phi) is 3.87. The Morgan fingerprint density at radius 1 is 1.50 bits per heavy atom. The molecule has 0 aliphatic heterocycles. The number of hydrogen-bond acceptors (Lipinski definition) is 2. The maximum Gasteiger partial charge on any atom is 0.124 e. The fourth-order valence-electron chi connectivity index (χ4n) is 2.06. The first kappa shape index (κ1) is 11.9. The summed E-state index contributed by atoms with van der Waals surface area (Å²) in [4.78, 5) is 0. The molecule has 1 aliphatic carbocycles. The van der Waals surface area contributed by atoms with E-state index in [1.54, 1.807) is 7.11 Å². The average molecular weight is 284 g/mol. The molecule has 1 aromatic carbocycles. The van der Waals surface area contributed by atoms with Gasteiger partial charge < -0.3 is 10.1 Å². The summed E-state index contributed by atoms with van der Waals surface area (Å²) in [5, 5.41) is 3.39. The van der Waals surface area contributed by atoms with E-state index in [9.17, 15) is 0 Å². The molecule has 0 aromatic heterocycles. The van der Waals surface area contributed by atoms with E-state index in [0.29, 0.717) is 6.04 Å². The van der Waals surface area contributed by atoms with Crippen molar-refractivity contribution in [3.63, 3.8) is 0 Å². The van der Waals surface area contributed by atoms with Crippen molar-refractivity contribution in [2.45, 2.75) is 25.3 Å². The number of benzene rings is 1. The second kappa shape index (κ2) is 5.19. The van der Waals surface area contributed by atoms with Gasteiger partial charge in [-0.2, -0.15) is 0 Å². The van der Waals surface area contributed by atoms with Crippen LogP contribution in [0.3, 0.4) is 0 Å². The van der Waals surface area contributed by atoms with Crippen molar-refractivity contribution in [2.75, 3.05) is 14.2 Å². The van der Waals surface area contributed by atoms with E-state index in [0.717, 1.165) is 16.1 Å². The van der Waals surface area contributed by atoms with Gasteiger partial charge in [-0.3, -0.25) is 0 Å². The molecule has 0 amide bonds. The summed E-state index contributed by atoms with van der Waals surface area (Å²) in [6.45, 7) is 0. The number of methoxy groups -OCH3 is 1. The predicted molar refractivity (Wildman–Crippen MR) is 69.8 cm³/mol. The maximum absolute atomic E-state index is 5.44. The van der Waals surface area contributed by atoms with Crippen LogP contribution >= 0.6 is 15.9 Å². The van der Waals surface area contributed by atoms with Gasteiger partial charge >= 0.3 is 0 Å². The summed E-state index contributed by atoms with van der Waals surface area (Å²) in [7, 11) is 3.75.